The summed E-state index contributed by atoms with van der Waals surface area (Å²) in [4.78, 5) is 34.9. The van der Waals surface area contributed by atoms with Crippen LogP contribution in [-0.4, -0.2) is 36.6 Å². The Labute approximate surface area is 174 Å². The molecule has 1 N–H and O–H groups in total. The summed E-state index contributed by atoms with van der Waals surface area (Å²) in [6.07, 6.45) is -0.618. The molecule has 0 heterocycles. The number of para-hydroxylation sites is 1. The highest BCUT2D eigenvalue weighted by Gasteiger charge is 2.21. The molecule has 0 radical (unpaired) electrons. The van der Waals surface area contributed by atoms with Gasteiger partial charge in [0.15, 0.2) is 6.10 Å². The topological polar surface area (TPSA) is 117 Å². The second-order valence-electron chi connectivity index (χ2n) is 6.30. The van der Waals surface area contributed by atoms with Crippen LogP contribution in [0.3, 0.4) is 0 Å². The van der Waals surface area contributed by atoms with E-state index in [1.54, 1.807) is 0 Å². The van der Waals surface area contributed by atoms with Gasteiger partial charge in [-0.3, -0.25) is 19.7 Å². The lowest BCUT2D eigenvalue weighted by atomic mass is 10.1. The van der Waals surface area contributed by atoms with Crippen molar-refractivity contribution in [2.24, 2.45) is 0 Å². The van der Waals surface area contributed by atoms with Gasteiger partial charge in [-0.15, -0.1) is 0 Å². The Morgan fingerprint density at radius 3 is 2.57 bits per heavy atom. The van der Waals surface area contributed by atoms with Crippen molar-refractivity contribution < 1.29 is 28.7 Å². The average Bonchev–Trinajstić information content (AvgIpc) is 2.73. The fourth-order valence-corrected chi connectivity index (χ4v) is 2.69. The molecule has 1 atom stereocenters. The number of carbonyl (C=O) groups is 2. The van der Waals surface area contributed by atoms with Crippen LogP contribution in [0.25, 0.3) is 0 Å². The van der Waals surface area contributed by atoms with E-state index in [9.17, 15) is 19.7 Å². The quantitative estimate of drug-likeness (QED) is 0.358. The molecule has 0 aliphatic rings. The third-order valence-electron chi connectivity index (χ3n) is 4.20. The van der Waals surface area contributed by atoms with Gasteiger partial charge in [-0.1, -0.05) is 18.2 Å². The van der Waals surface area contributed by atoms with Crippen molar-refractivity contribution in [3.05, 3.63) is 58.1 Å². The number of ether oxygens (including phenoxy) is 3. The number of rotatable bonds is 10. The van der Waals surface area contributed by atoms with E-state index in [2.05, 4.69) is 5.32 Å². The van der Waals surface area contributed by atoms with Gasteiger partial charge in [0.25, 0.3) is 11.6 Å². The number of anilines is 1. The number of methoxy groups -OCH3 is 1. The molecule has 0 aromatic heterocycles. The van der Waals surface area contributed by atoms with Crippen molar-refractivity contribution in [2.45, 2.75) is 32.8 Å². The molecular weight excluding hydrogens is 392 g/mol. The van der Waals surface area contributed by atoms with Crippen LogP contribution < -0.4 is 14.8 Å². The number of nitrogens with one attached hydrogen (secondary N) is 1. The molecule has 0 bridgehead atoms. The van der Waals surface area contributed by atoms with Gasteiger partial charge in [-0.2, -0.15) is 0 Å². The molecule has 0 unspecified atom stereocenters. The maximum atomic E-state index is 12.4. The van der Waals surface area contributed by atoms with Crippen LogP contribution in [0, 0.1) is 10.1 Å². The zero-order valence-corrected chi connectivity index (χ0v) is 17.0. The third-order valence-corrected chi connectivity index (χ3v) is 4.20. The molecule has 1 amide bonds. The molecular formula is C21H24N2O7. The van der Waals surface area contributed by atoms with Gasteiger partial charge >= 0.3 is 5.97 Å². The predicted molar refractivity (Wildman–Crippen MR) is 110 cm³/mol. The van der Waals surface area contributed by atoms with Crippen LogP contribution in [0.4, 0.5) is 11.4 Å². The smallest absolute Gasteiger partial charge is 0.306 e. The Bertz CT molecular complexity index is 914. The monoisotopic (exact) mass is 416 g/mol. The summed E-state index contributed by atoms with van der Waals surface area (Å²) in [7, 11) is 1.38. The number of nitro groups is 1. The molecule has 0 aliphatic carbocycles. The number of nitrogens with zero attached hydrogens (tertiary/aromatic N) is 1. The van der Waals surface area contributed by atoms with Crippen LogP contribution in [0.5, 0.6) is 11.5 Å². The van der Waals surface area contributed by atoms with E-state index in [1.807, 2.05) is 31.2 Å². The summed E-state index contributed by atoms with van der Waals surface area (Å²) in [5, 5.41) is 13.4. The number of amides is 1. The summed E-state index contributed by atoms with van der Waals surface area (Å²) in [6.45, 7) is 3.81. The maximum absolute atomic E-state index is 12.4. The molecule has 30 heavy (non-hydrogen) atoms. The standard InChI is InChI=1S/C21H24N2O7/c1-4-29-18-8-6-5-7-15(18)9-12-20(24)30-14(2)21(25)22-17-13-16(23(26)27)10-11-19(17)28-3/h5-8,10-11,13-14H,4,9,12H2,1-3H3,(H,22,25)/t14-/m0/s1. The molecule has 0 spiro atoms. The third kappa shape index (κ3) is 6.20. The van der Waals surface area contributed by atoms with E-state index in [0.717, 1.165) is 5.56 Å². The summed E-state index contributed by atoms with van der Waals surface area (Å²) in [6, 6.07) is 11.2. The summed E-state index contributed by atoms with van der Waals surface area (Å²) in [5.41, 5.74) is 0.781. The summed E-state index contributed by atoms with van der Waals surface area (Å²) >= 11 is 0. The number of hydrogen-bond acceptors (Lipinski definition) is 7. The Kier molecular flexibility index (Phi) is 8.16. The first kappa shape index (κ1) is 22.7. The van der Waals surface area contributed by atoms with Gasteiger partial charge in [0.05, 0.1) is 24.3 Å². The van der Waals surface area contributed by atoms with E-state index in [1.165, 1.54) is 32.2 Å². The SMILES string of the molecule is CCOc1ccccc1CCC(=O)O[C@@H](C)C(=O)Nc1cc([N+](=O)[O-])ccc1OC. The van der Waals surface area contributed by atoms with Crippen molar-refractivity contribution in [3.63, 3.8) is 0 Å². The Morgan fingerprint density at radius 2 is 1.90 bits per heavy atom. The first-order valence-electron chi connectivity index (χ1n) is 9.39. The molecule has 9 heteroatoms. The fraction of sp³-hybridized carbons (Fsp3) is 0.333. The van der Waals surface area contributed by atoms with Crippen molar-refractivity contribution in [1.82, 2.24) is 0 Å². The molecule has 2 rings (SSSR count). The van der Waals surface area contributed by atoms with Crippen molar-refractivity contribution in [2.75, 3.05) is 19.0 Å². The second kappa shape index (κ2) is 10.8. The number of aryl methyl sites for hydroxylation is 1. The lowest BCUT2D eigenvalue weighted by Gasteiger charge is -2.15. The van der Waals surface area contributed by atoms with Crippen molar-refractivity contribution in [3.8, 4) is 11.5 Å². The van der Waals surface area contributed by atoms with Crippen LogP contribution in [0.2, 0.25) is 0 Å². The van der Waals surface area contributed by atoms with Crippen LogP contribution >= 0.6 is 0 Å². The van der Waals surface area contributed by atoms with E-state index < -0.39 is 22.9 Å². The Hall–Kier alpha value is -3.62. The number of benzene rings is 2. The molecule has 9 nitrogen and oxygen atoms in total. The van der Waals surface area contributed by atoms with E-state index >= 15 is 0 Å². The minimum Gasteiger partial charge on any atom is -0.495 e. The minimum absolute atomic E-state index is 0.0713. The van der Waals surface area contributed by atoms with E-state index in [-0.39, 0.29) is 23.5 Å². The zero-order chi connectivity index (χ0) is 22.1. The molecule has 160 valence electrons. The number of carbonyl (C=O) groups excluding carboxylic acids is 2. The van der Waals surface area contributed by atoms with Crippen LogP contribution in [0.1, 0.15) is 25.8 Å². The van der Waals surface area contributed by atoms with Gasteiger partial charge < -0.3 is 19.5 Å². The summed E-state index contributed by atoms with van der Waals surface area (Å²) in [5.74, 6) is -0.219. The largest absolute Gasteiger partial charge is 0.495 e. The number of hydrogen-bond donors (Lipinski definition) is 1. The van der Waals surface area contributed by atoms with Gasteiger partial charge in [-0.05, 0) is 38.0 Å². The Balaban J connectivity index is 1.95. The van der Waals surface area contributed by atoms with Gasteiger partial charge in [0.2, 0.25) is 0 Å². The number of non-ortho nitro benzene ring substituents is 1. The van der Waals surface area contributed by atoms with Gasteiger partial charge in [0.1, 0.15) is 11.5 Å². The van der Waals surface area contributed by atoms with Crippen LogP contribution in [-0.2, 0) is 20.7 Å². The molecule has 0 saturated carbocycles. The highest BCUT2D eigenvalue weighted by molar-refractivity contribution is 5.96. The minimum atomic E-state index is -1.09. The normalized spacial score (nSPS) is 11.3. The lowest BCUT2D eigenvalue weighted by Crippen LogP contribution is -2.30. The Morgan fingerprint density at radius 1 is 1.17 bits per heavy atom. The zero-order valence-electron chi connectivity index (χ0n) is 17.0. The maximum Gasteiger partial charge on any atom is 0.306 e. The molecule has 0 aliphatic heterocycles. The first-order valence-corrected chi connectivity index (χ1v) is 9.39. The van der Waals surface area contributed by atoms with E-state index in [4.69, 9.17) is 14.2 Å². The first-order chi connectivity index (χ1) is 14.3. The van der Waals surface area contributed by atoms with E-state index in [0.29, 0.717) is 18.8 Å². The second-order valence-corrected chi connectivity index (χ2v) is 6.30. The van der Waals surface area contributed by atoms with Gasteiger partial charge in [0, 0.05) is 18.6 Å². The van der Waals surface area contributed by atoms with Crippen LogP contribution in [0.15, 0.2) is 42.5 Å². The highest BCUT2D eigenvalue weighted by atomic mass is 16.6. The molecule has 0 fully saturated rings. The van der Waals surface area contributed by atoms with Crippen molar-refractivity contribution in [1.29, 1.82) is 0 Å². The molecule has 2 aromatic rings. The average molecular weight is 416 g/mol. The lowest BCUT2D eigenvalue weighted by molar-refractivity contribution is -0.384. The molecule has 0 saturated heterocycles. The van der Waals surface area contributed by atoms with Crippen molar-refractivity contribution >= 4 is 23.3 Å². The number of esters is 1. The predicted octanol–water partition coefficient (Wildman–Crippen LogP) is 3.51. The van der Waals surface area contributed by atoms with Gasteiger partial charge in [-0.25, -0.2) is 0 Å². The highest BCUT2D eigenvalue weighted by Crippen LogP contribution is 2.29. The fourth-order valence-electron chi connectivity index (χ4n) is 2.69. The summed E-state index contributed by atoms with van der Waals surface area (Å²) < 4.78 is 15.8. The molecule has 2 aromatic carbocycles. The number of nitro benzene ring substituents is 1.